The Morgan fingerprint density at radius 1 is 1.29 bits per heavy atom. The van der Waals surface area contributed by atoms with Crippen molar-refractivity contribution in [3.05, 3.63) is 61.6 Å². The first kappa shape index (κ1) is 15.8. The molecular weight excluding hydrogens is 362 g/mol. The standard InChI is InChI=1S/C14H11BrClNO4/c1-8(18)9-2-4-13(11(16)6-9)21-14-5-3-10(15)7-12(14)17(19)20/h2-8,18H,1H3. The van der Waals surface area contributed by atoms with Crippen molar-refractivity contribution in [2.45, 2.75) is 13.0 Å². The number of aliphatic hydroxyl groups is 1. The Morgan fingerprint density at radius 3 is 2.52 bits per heavy atom. The van der Waals surface area contributed by atoms with E-state index >= 15 is 0 Å². The average molecular weight is 373 g/mol. The number of rotatable bonds is 4. The number of hydrogen-bond acceptors (Lipinski definition) is 4. The van der Waals surface area contributed by atoms with Crippen LogP contribution in [0.1, 0.15) is 18.6 Å². The Balaban J connectivity index is 2.37. The Hall–Kier alpha value is -1.63. The maximum Gasteiger partial charge on any atom is 0.312 e. The number of halogens is 2. The van der Waals surface area contributed by atoms with E-state index < -0.39 is 11.0 Å². The van der Waals surface area contributed by atoms with Gasteiger partial charge in [0.05, 0.1) is 16.0 Å². The van der Waals surface area contributed by atoms with Crippen molar-refractivity contribution in [3.63, 3.8) is 0 Å². The lowest BCUT2D eigenvalue weighted by molar-refractivity contribution is -0.385. The molecule has 1 N–H and O–H groups in total. The molecule has 0 saturated heterocycles. The normalized spacial score (nSPS) is 12.0. The lowest BCUT2D eigenvalue weighted by Gasteiger charge is -2.11. The summed E-state index contributed by atoms with van der Waals surface area (Å²) >= 11 is 9.25. The van der Waals surface area contributed by atoms with Gasteiger partial charge in [0, 0.05) is 10.5 Å². The van der Waals surface area contributed by atoms with Crippen molar-refractivity contribution >= 4 is 33.2 Å². The van der Waals surface area contributed by atoms with E-state index in [0.29, 0.717) is 10.0 Å². The number of aliphatic hydroxyl groups excluding tert-OH is 1. The van der Waals surface area contributed by atoms with Gasteiger partial charge in [-0.3, -0.25) is 10.1 Å². The zero-order chi connectivity index (χ0) is 15.6. The fourth-order valence-corrected chi connectivity index (χ4v) is 2.27. The minimum Gasteiger partial charge on any atom is -0.449 e. The quantitative estimate of drug-likeness (QED) is 0.614. The zero-order valence-electron chi connectivity index (χ0n) is 10.9. The second-order valence-corrected chi connectivity index (χ2v) is 5.66. The van der Waals surface area contributed by atoms with Gasteiger partial charge in [-0.15, -0.1) is 0 Å². The molecule has 21 heavy (non-hydrogen) atoms. The summed E-state index contributed by atoms with van der Waals surface area (Å²) in [5, 5.41) is 20.8. The highest BCUT2D eigenvalue weighted by molar-refractivity contribution is 9.10. The molecule has 1 atom stereocenters. The van der Waals surface area contributed by atoms with Crippen LogP contribution in [0, 0.1) is 10.1 Å². The van der Waals surface area contributed by atoms with E-state index in [0.717, 1.165) is 0 Å². The largest absolute Gasteiger partial charge is 0.449 e. The van der Waals surface area contributed by atoms with Crippen LogP contribution in [0.15, 0.2) is 40.9 Å². The Morgan fingerprint density at radius 2 is 1.95 bits per heavy atom. The van der Waals surface area contributed by atoms with Gasteiger partial charge in [-0.2, -0.15) is 0 Å². The molecule has 2 rings (SSSR count). The molecule has 0 fully saturated rings. The van der Waals surface area contributed by atoms with Crippen LogP contribution in [-0.2, 0) is 0 Å². The van der Waals surface area contributed by atoms with Crippen molar-refractivity contribution in [1.29, 1.82) is 0 Å². The molecule has 110 valence electrons. The number of benzene rings is 2. The molecule has 0 saturated carbocycles. The molecule has 0 radical (unpaired) electrons. The van der Waals surface area contributed by atoms with Gasteiger partial charge < -0.3 is 9.84 Å². The van der Waals surface area contributed by atoms with Crippen LogP contribution >= 0.6 is 27.5 Å². The number of nitro benzene ring substituents is 1. The second kappa shape index (κ2) is 6.43. The van der Waals surface area contributed by atoms with Crippen LogP contribution in [0.4, 0.5) is 5.69 Å². The van der Waals surface area contributed by atoms with Gasteiger partial charge in [0.1, 0.15) is 5.75 Å². The molecule has 2 aromatic carbocycles. The van der Waals surface area contributed by atoms with Gasteiger partial charge in [-0.05, 0) is 36.8 Å². The summed E-state index contributed by atoms with van der Waals surface area (Å²) in [6.07, 6.45) is -0.654. The zero-order valence-corrected chi connectivity index (χ0v) is 13.3. The summed E-state index contributed by atoms with van der Waals surface area (Å²) in [6, 6.07) is 9.26. The first-order chi connectivity index (χ1) is 9.88. The molecule has 0 aliphatic carbocycles. The molecule has 0 spiro atoms. The Labute approximate surface area is 134 Å². The van der Waals surface area contributed by atoms with Crippen molar-refractivity contribution in [3.8, 4) is 11.5 Å². The van der Waals surface area contributed by atoms with E-state index in [4.69, 9.17) is 16.3 Å². The summed E-state index contributed by atoms with van der Waals surface area (Å²) in [4.78, 5) is 10.5. The molecule has 0 aromatic heterocycles. The van der Waals surface area contributed by atoms with E-state index in [-0.39, 0.29) is 22.2 Å². The van der Waals surface area contributed by atoms with Crippen molar-refractivity contribution in [2.75, 3.05) is 0 Å². The summed E-state index contributed by atoms with van der Waals surface area (Å²) < 4.78 is 6.10. The van der Waals surface area contributed by atoms with Gasteiger partial charge in [-0.1, -0.05) is 33.6 Å². The molecule has 5 nitrogen and oxygen atoms in total. The molecule has 0 aliphatic heterocycles. The first-order valence-electron chi connectivity index (χ1n) is 5.98. The average Bonchev–Trinajstić information content (AvgIpc) is 2.42. The summed E-state index contributed by atoms with van der Waals surface area (Å²) in [7, 11) is 0. The summed E-state index contributed by atoms with van der Waals surface area (Å²) in [5.74, 6) is 0.376. The van der Waals surface area contributed by atoms with Crippen molar-refractivity contribution in [1.82, 2.24) is 0 Å². The third-order valence-corrected chi connectivity index (χ3v) is 3.56. The Bertz CT molecular complexity index is 691. The molecule has 0 amide bonds. The summed E-state index contributed by atoms with van der Waals surface area (Å²) in [6.45, 7) is 1.62. The Kier molecular flexibility index (Phi) is 4.82. The lowest BCUT2D eigenvalue weighted by atomic mass is 10.1. The van der Waals surface area contributed by atoms with E-state index in [1.54, 1.807) is 31.2 Å². The molecule has 7 heteroatoms. The van der Waals surface area contributed by atoms with Gasteiger partial charge in [0.2, 0.25) is 5.75 Å². The molecule has 0 aliphatic rings. The lowest BCUT2D eigenvalue weighted by Crippen LogP contribution is -1.95. The molecule has 0 bridgehead atoms. The van der Waals surface area contributed by atoms with Crippen molar-refractivity contribution < 1.29 is 14.8 Å². The number of nitro groups is 1. The smallest absolute Gasteiger partial charge is 0.312 e. The highest BCUT2D eigenvalue weighted by Crippen LogP contribution is 2.37. The maximum atomic E-state index is 11.0. The minimum absolute atomic E-state index is 0.0925. The van der Waals surface area contributed by atoms with Gasteiger partial charge in [0.25, 0.3) is 0 Å². The predicted molar refractivity (Wildman–Crippen MR) is 83.0 cm³/mol. The van der Waals surface area contributed by atoms with Crippen LogP contribution in [0.2, 0.25) is 5.02 Å². The first-order valence-corrected chi connectivity index (χ1v) is 7.15. The number of nitrogens with zero attached hydrogens (tertiary/aromatic N) is 1. The topological polar surface area (TPSA) is 72.6 Å². The molecule has 1 unspecified atom stereocenters. The van der Waals surface area contributed by atoms with Gasteiger partial charge in [-0.25, -0.2) is 0 Å². The highest BCUT2D eigenvalue weighted by Gasteiger charge is 2.17. The number of hydrogen-bond donors (Lipinski definition) is 1. The summed E-state index contributed by atoms with van der Waals surface area (Å²) in [5.41, 5.74) is 0.470. The van der Waals surface area contributed by atoms with E-state index in [1.165, 1.54) is 12.1 Å². The molecular formula is C14H11BrClNO4. The van der Waals surface area contributed by atoms with Crippen LogP contribution in [0.3, 0.4) is 0 Å². The van der Waals surface area contributed by atoms with E-state index in [2.05, 4.69) is 15.9 Å². The fraction of sp³-hybridized carbons (Fsp3) is 0.143. The minimum atomic E-state index is -0.654. The maximum absolute atomic E-state index is 11.0. The number of ether oxygens (including phenoxy) is 1. The SMILES string of the molecule is CC(O)c1ccc(Oc2ccc(Br)cc2[N+](=O)[O-])c(Cl)c1. The molecule has 2 aromatic rings. The fourth-order valence-electron chi connectivity index (χ4n) is 1.70. The van der Waals surface area contributed by atoms with E-state index in [9.17, 15) is 15.2 Å². The van der Waals surface area contributed by atoms with Gasteiger partial charge in [0.15, 0.2) is 0 Å². The highest BCUT2D eigenvalue weighted by atomic mass is 79.9. The van der Waals surface area contributed by atoms with Crippen molar-refractivity contribution in [2.24, 2.45) is 0 Å². The third kappa shape index (κ3) is 3.72. The monoisotopic (exact) mass is 371 g/mol. The van der Waals surface area contributed by atoms with Crippen LogP contribution in [0.25, 0.3) is 0 Å². The van der Waals surface area contributed by atoms with Gasteiger partial charge >= 0.3 is 5.69 Å². The molecule has 0 heterocycles. The second-order valence-electron chi connectivity index (χ2n) is 4.34. The predicted octanol–water partition coefficient (Wildman–Crippen LogP) is 4.86. The van der Waals surface area contributed by atoms with Crippen LogP contribution in [0.5, 0.6) is 11.5 Å². The van der Waals surface area contributed by atoms with Crippen LogP contribution < -0.4 is 4.74 Å². The third-order valence-electron chi connectivity index (χ3n) is 2.78. The van der Waals surface area contributed by atoms with Crippen LogP contribution in [-0.4, -0.2) is 10.0 Å². The van der Waals surface area contributed by atoms with E-state index in [1.807, 2.05) is 0 Å².